The molecule has 8 nitrogen and oxygen atoms in total. The van der Waals surface area contributed by atoms with Gasteiger partial charge in [-0.05, 0) is 48.6 Å². The van der Waals surface area contributed by atoms with E-state index >= 15 is 0 Å². The topological polar surface area (TPSA) is 96.0 Å². The number of nitrogens with zero attached hydrogens (tertiary/aromatic N) is 2. The van der Waals surface area contributed by atoms with E-state index in [0.717, 1.165) is 6.26 Å². The van der Waals surface area contributed by atoms with Crippen molar-refractivity contribution in [2.24, 2.45) is 5.92 Å². The predicted molar refractivity (Wildman–Crippen MR) is 153 cm³/mol. The zero-order valence-electron chi connectivity index (χ0n) is 22.5. The summed E-state index contributed by atoms with van der Waals surface area (Å²) in [6.45, 7) is 6.50. The van der Waals surface area contributed by atoms with Gasteiger partial charge >= 0.3 is 0 Å². The highest BCUT2D eigenvalue weighted by atomic mass is 35.5. The van der Waals surface area contributed by atoms with Crippen LogP contribution in [0, 0.1) is 5.92 Å². The number of benzene rings is 2. The predicted octanol–water partition coefficient (Wildman–Crippen LogP) is 5.13. The Morgan fingerprint density at radius 3 is 2.37 bits per heavy atom. The van der Waals surface area contributed by atoms with Crippen molar-refractivity contribution in [3.8, 4) is 5.75 Å². The second-order valence-electron chi connectivity index (χ2n) is 9.43. The van der Waals surface area contributed by atoms with Gasteiger partial charge in [0, 0.05) is 36.1 Å². The van der Waals surface area contributed by atoms with Crippen LogP contribution in [0.4, 0.5) is 5.69 Å². The summed E-state index contributed by atoms with van der Waals surface area (Å²) in [7, 11) is -2.17. The zero-order valence-corrected chi connectivity index (χ0v) is 24.9. The van der Waals surface area contributed by atoms with Crippen molar-refractivity contribution in [1.82, 2.24) is 10.2 Å². The van der Waals surface area contributed by atoms with E-state index in [1.165, 1.54) is 16.3 Å². The molecule has 0 fully saturated rings. The first-order valence-corrected chi connectivity index (χ1v) is 15.1. The van der Waals surface area contributed by atoms with Crippen LogP contribution in [0.3, 0.4) is 0 Å². The molecule has 210 valence electrons. The van der Waals surface area contributed by atoms with Gasteiger partial charge in [-0.25, -0.2) is 8.42 Å². The summed E-state index contributed by atoms with van der Waals surface area (Å²) in [5.74, 6) is 0.141. The molecule has 0 aromatic heterocycles. The van der Waals surface area contributed by atoms with Gasteiger partial charge in [-0.2, -0.15) is 0 Å². The van der Waals surface area contributed by atoms with Gasteiger partial charge in [-0.1, -0.05) is 62.2 Å². The second kappa shape index (κ2) is 14.6. The van der Waals surface area contributed by atoms with Gasteiger partial charge in [0.2, 0.25) is 21.8 Å². The number of carbonyl (C=O) groups excluding carboxylic acids is 2. The molecule has 0 heterocycles. The third-order valence-electron chi connectivity index (χ3n) is 5.93. The molecule has 38 heavy (non-hydrogen) atoms. The van der Waals surface area contributed by atoms with Crippen LogP contribution in [0.25, 0.3) is 0 Å². The fourth-order valence-corrected chi connectivity index (χ4v) is 5.43. The molecular weight excluding hydrogens is 549 g/mol. The van der Waals surface area contributed by atoms with Crippen molar-refractivity contribution in [2.45, 2.75) is 52.6 Å². The van der Waals surface area contributed by atoms with Crippen LogP contribution >= 0.6 is 23.2 Å². The Balaban J connectivity index is 2.27. The number of anilines is 1. The molecule has 0 aliphatic heterocycles. The number of methoxy groups -OCH3 is 1. The van der Waals surface area contributed by atoms with Gasteiger partial charge in [0.15, 0.2) is 0 Å². The van der Waals surface area contributed by atoms with Crippen LogP contribution in [0.5, 0.6) is 5.75 Å². The van der Waals surface area contributed by atoms with Crippen molar-refractivity contribution < 1.29 is 22.7 Å². The molecule has 1 atom stereocenters. The molecule has 0 saturated carbocycles. The monoisotopic (exact) mass is 585 g/mol. The van der Waals surface area contributed by atoms with Crippen LogP contribution in [-0.4, -0.2) is 57.6 Å². The Morgan fingerprint density at radius 1 is 1.11 bits per heavy atom. The number of sulfonamides is 1. The highest BCUT2D eigenvalue weighted by molar-refractivity contribution is 7.92. The fourth-order valence-electron chi connectivity index (χ4n) is 3.99. The van der Waals surface area contributed by atoms with Crippen molar-refractivity contribution in [2.75, 3.05) is 30.8 Å². The van der Waals surface area contributed by atoms with E-state index in [-0.39, 0.29) is 43.7 Å². The second-order valence-corrected chi connectivity index (χ2v) is 12.2. The van der Waals surface area contributed by atoms with E-state index in [0.29, 0.717) is 40.0 Å². The summed E-state index contributed by atoms with van der Waals surface area (Å²) in [5, 5.41) is 3.78. The number of nitrogens with one attached hydrogen (secondary N) is 1. The van der Waals surface area contributed by atoms with Crippen LogP contribution in [0.2, 0.25) is 10.0 Å². The van der Waals surface area contributed by atoms with E-state index < -0.39 is 16.1 Å². The number of para-hydroxylation sites is 2. The summed E-state index contributed by atoms with van der Waals surface area (Å²) >= 11 is 12.4. The molecule has 1 unspecified atom stereocenters. The number of halogens is 2. The van der Waals surface area contributed by atoms with Gasteiger partial charge in [0.05, 0.1) is 19.1 Å². The van der Waals surface area contributed by atoms with E-state index in [1.807, 2.05) is 20.8 Å². The lowest BCUT2D eigenvalue weighted by molar-refractivity contribution is -0.141. The van der Waals surface area contributed by atoms with Gasteiger partial charge in [0.25, 0.3) is 0 Å². The first-order chi connectivity index (χ1) is 17.9. The summed E-state index contributed by atoms with van der Waals surface area (Å²) in [4.78, 5) is 28.1. The Bertz CT molecular complexity index is 1210. The third kappa shape index (κ3) is 9.06. The lowest BCUT2D eigenvalue weighted by Crippen LogP contribution is -2.49. The Kier molecular flexibility index (Phi) is 12.2. The maximum absolute atomic E-state index is 13.5. The average Bonchev–Trinajstić information content (AvgIpc) is 2.85. The smallest absolute Gasteiger partial charge is 0.242 e. The van der Waals surface area contributed by atoms with E-state index in [9.17, 15) is 18.0 Å². The summed E-state index contributed by atoms with van der Waals surface area (Å²) < 4.78 is 31.7. The molecule has 1 N–H and O–H groups in total. The van der Waals surface area contributed by atoms with Crippen molar-refractivity contribution in [3.63, 3.8) is 0 Å². The zero-order chi connectivity index (χ0) is 28.5. The standard InChI is InChI=1S/C27H37Cl2N3O5S/c1-6-23(27(34)30-17-19(2)3)31(18-20-13-14-21(28)16-22(20)29)26(33)12-9-15-32(38(5,35)36)24-10-7-8-11-25(24)37-4/h7-8,10-11,13-14,16,19,23H,6,9,12,15,17-18H2,1-5H3,(H,30,34). The molecule has 2 amide bonds. The lowest BCUT2D eigenvalue weighted by Gasteiger charge is -2.31. The minimum Gasteiger partial charge on any atom is -0.495 e. The van der Waals surface area contributed by atoms with Gasteiger partial charge in [0.1, 0.15) is 11.8 Å². The number of amides is 2. The first-order valence-electron chi connectivity index (χ1n) is 12.5. The fraction of sp³-hybridized carbons (Fsp3) is 0.481. The maximum atomic E-state index is 13.5. The minimum absolute atomic E-state index is 0.0281. The van der Waals surface area contributed by atoms with E-state index in [2.05, 4.69) is 5.32 Å². The van der Waals surface area contributed by atoms with Crippen LogP contribution in [0.15, 0.2) is 42.5 Å². The molecule has 2 rings (SSSR count). The third-order valence-corrected chi connectivity index (χ3v) is 7.70. The first kappa shape index (κ1) is 31.7. The molecular formula is C27H37Cl2N3O5S. The molecule has 0 bridgehead atoms. The normalized spacial score (nSPS) is 12.2. The molecule has 11 heteroatoms. The van der Waals surface area contributed by atoms with Crippen molar-refractivity contribution in [1.29, 1.82) is 0 Å². The Hall–Kier alpha value is -2.49. The van der Waals surface area contributed by atoms with E-state index in [4.69, 9.17) is 27.9 Å². The van der Waals surface area contributed by atoms with Crippen LogP contribution in [0.1, 0.15) is 45.6 Å². The maximum Gasteiger partial charge on any atom is 0.242 e. The molecule has 0 spiro atoms. The summed E-state index contributed by atoms with van der Waals surface area (Å²) in [6.07, 6.45) is 1.78. The van der Waals surface area contributed by atoms with Gasteiger partial charge in [-0.3, -0.25) is 13.9 Å². The Labute approximate surface area is 236 Å². The van der Waals surface area contributed by atoms with Gasteiger partial charge in [-0.15, -0.1) is 0 Å². The molecule has 0 aliphatic rings. The molecule has 2 aromatic rings. The SMILES string of the molecule is CCC(C(=O)NCC(C)C)N(Cc1ccc(Cl)cc1Cl)C(=O)CCCN(c1ccccc1OC)S(C)(=O)=O. The highest BCUT2D eigenvalue weighted by Crippen LogP contribution is 2.30. The molecule has 0 radical (unpaired) electrons. The summed E-state index contributed by atoms with van der Waals surface area (Å²) in [5.41, 5.74) is 1.06. The van der Waals surface area contributed by atoms with Crippen molar-refractivity contribution >= 4 is 50.7 Å². The van der Waals surface area contributed by atoms with Crippen molar-refractivity contribution in [3.05, 3.63) is 58.1 Å². The number of ether oxygens (including phenoxy) is 1. The highest BCUT2D eigenvalue weighted by Gasteiger charge is 2.29. The van der Waals surface area contributed by atoms with Crippen LogP contribution < -0.4 is 14.4 Å². The average molecular weight is 587 g/mol. The number of rotatable bonds is 14. The number of hydrogen-bond donors (Lipinski definition) is 1. The quantitative estimate of drug-likeness (QED) is 0.331. The molecule has 0 saturated heterocycles. The Morgan fingerprint density at radius 2 is 1.79 bits per heavy atom. The number of carbonyl (C=O) groups is 2. The molecule has 2 aromatic carbocycles. The lowest BCUT2D eigenvalue weighted by atomic mass is 10.1. The summed E-state index contributed by atoms with van der Waals surface area (Å²) in [6, 6.07) is 11.1. The van der Waals surface area contributed by atoms with E-state index in [1.54, 1.807) is 42.5 Å². The minimum atomic E-state index is -3.64. The number of hydrogen-bond acceptors (Lipinski definition) is 5. The molecule has 0 aliphatic carbocycles. The largest absolute Gasteiger partial charge is 0.495 e. The van der Waals surface area contributed by atoms with Crippen LogP contribution in [-0.2, 0) is 26.2 Å². The van der Waals surface area contributed by atoms with Gasteiger partial charge < -0.3 is 15.0 Å².